The summed E-state index contributed by atoms with van der Waals surface area (Å²) in [6.07, 6.45) is 13.0. The van der Waals surface area contributed by atoms with Gasteiger partial charge in [0, 0.05) is 12.6 Å². The van der Waals surface area contributed by atoms with E-state index in [0.29, 0.717) is 6.04 Å². The lowest BCUT2D eigenvalue weighted by molar-refractivity contribution is -0.139. The summed E-state index contributed by atoms with van der Waals surface area (Å²) in [6.45, 7) is 1.28. The molecule has 0 saturated heterocycles. The fourth-order valence-electron chi connectivity index (χ4n) is 3.66. The molecule has 0 radical (unpaired) electrons. The van der Waals surface area contributed by atoms with E-state index in [9.17, 15) is 4.79 Å². The summed E-state index contributed by atoms with van der Waals surface area (Å²) in [6, 6.07) is 0.546. The minimum absolute atomic E-state index is 0.251. The van der Waals surface area contributed by atoms with E-state index in [2.05, 4.69) is 4.90 Å². The molecule has 104 valence electrons. The molecule has 2 aliphatic carbocycles. The van der Waals surface area contributed by atoms with Crippen LogP contribution < -0.4 is 0 Å². The van der Waals surface area contributed by atoms with E-state index < -0.39 is 5.97 Å². The standard InChI is InChI=1S/C15H27NO2/c17-15(18)12-16(14-9-5-6-10-14)11-13-7-3-1-2-4-8-13/h13-14H,1-12H2,(H,17,18). The Bertz CT molecular complexity index is 253. The third-order valence-electron chi connectivity index (χ3n) is 4.65. The molecule has 18 heavy (non-hydrogen) atoms. The topological polar surface area (TPSA) is 40.5 Å². The summed E-state index contributed by atoms with van der Waals surface area (Å²) in [5.74, 6) is 0.0861. The van der Waals surface area contributed by atoms with Crippen molar-refractivity contribution in [3.63, 3.8) is 0 Å². The van der Waals surface area contributed by atoms with Crippen molar-refractivity contribution < 1.29 is 9.90 Å². The van der Waals surface area contributed by atoms with E-state index in [-0.39, 0.29) is 6.54 Å². The van der Waals surface area contributed by atoms with Crippen LogP contribution in [0.5, 0.6) is 0 Å². The van der Waals surface area contributed by atoms with Crippen molar-refractivity contribution >= 4 is 5.97 Å². The Balaban J connectivity index is 1.88. The number of carboxylic acids is 1. The van der Waals surface area contributed by atoms with Gasteiger partial charge in [0.05, 0.1) is 6.54 Å². The molecule has 0 aromatic carbocycles. The molecule has 2 aliphatic rings. The molecule has 3 nitrogen and oxygen atoms in total. The quantitative estimate of drug-likeness (QED) is 0.764. The highest BCUT2D eigenvalue weighted by molar-refractivity contribution is 5.69. The molecule has 2 saturated carbocycles. The van der Waals surface area contributed by atoms with Crippen molar-refractivity contribution in [2.45, 2.75) is 70.3 Å². The molecule has 0 amide bonds. The largest absolute Gasteiger partial charge is 0.480 e. The second kappa shape index (κ2) is 7.13. The number of carbonyl (C=O) groups is 1. The van der Waals surface area contributed by atoms with Crippen molar-refractivity contribution in [1.29, 1.82) is 0 Å². The van der Waals surface area contributed by atoms with Gasteiger partial charge >= 0.3 is 5.97 Å². The van der Waals surface area contributed by atoms with E-state index in [4.69, 9.17) is 5.11 Å². The van der Waals surface area contributed by atoms with Crippen LogP contribution in [-0.2, 0) is 4.79 Å². The van der Waals surface area contributed by atoms with Crippen molar-refractivity contribution in [2.75, 3.05) is 13.1 Å². The molecule has 0 aliphatic heterocycles. The molecule has 0 spiro atoms. The van der Waals surface area contributed by atoms with Crippen LogP contribution in [0.15, 0.2) is 0 Å². The first-order chi connectivity index (χ1) is 8.75. The van der Waals surface area contributed by atoms with Gasteiger partial charge in [-0.05, 0) is 31.6 Å². The highest BCUT2D eigenvalue weighted by Crippen LogP contribution is 2.28. The van der Waals surface area contributed by atoms with E-state index in [1.54, 1.807) is 0 Å². The molecule has 0 aromatic heterocycles. The second-order valence-electron chi connectivity index (χ2n) is 6.12. The molecule has 0 aromatic rings. The average Bonchev–Trinajstić information content (AvgIpc) is 2.74. The maximum atomic E-state index is 11.0. The lowest BCUT2D eigenvalue weighted by Crippen LogP contribution is -2.40. The van der Waals surface area contributed by atoms with Crippen LogP contribution in [0.2, 0.25) is 0 Å². The monoisotopic (exact) mass is 253 g/mol. The van der Waals surface area contributed by atoms with Crippen molar-refractivity contribution in [3.8, 4) is 0 Å². The first-order valence-electron chi connectivity index (χ1n) is 7.71. The lowest BCUT2D eigenvalue weighted by atomic mass is 9.98. The van der Waals surface area contributed by atoms with Gasteiger partial charge in [-0.15, -0.1) is 0 Å². The average molecular weight is 253 g/mol. The predicted molar refractivity (Wildman–Crippen MR) is 72.7 cm³/mol. The van der Waals surface area contributed by atoms with E-state index >= 15 is 0 Å². The molecule has 2 rings (SSSR count). The van der Waals surface area contributed by atoms with Crippen LogP contribution in [0.1, 0.15) is 64.2 Å². The van der Waals surface area contributed by atoms with E-state index in [0.717, 1.165) is 12.5 Å². The van der Waals surface area contributed by atoms with Gasteiger partial charge in [0.15, 0.2) is 0 Å². The highest BCUT2D eigenvalue weighted by atomic mass is 16.4. The minimum atomic E-state index is -0.657. The summed E-state index contributed by atoms with van der Waals surface area (Å²) in [5, 5.41) is 9.09. The molecule has 0 bridgehead atoms. The van der Waals surface area contributed by atoms with Crippen LogP contribution in [0.4, 0.5) is 0 Å². The minimum Gasteiger partial charge on any atom is -0.480 e. The fourth-order valence-corrected chi connectivity index (χ4v) is 3.66. The van der Waals surface area contributed by atoms with Crippen molar-refractivity contribution in [2.24, 2.45) is 5.92 Å². The van der Waals surface area contributed by atoms with Crippen LogP contribution >= 0.6 is 0 Å². The normalized spacial score (nSPS) is 23.4. The smallest absolute Gasteiger partial charge is 0.317 e. The Morgan fingerprint density at radius 2 is 1.50 bits per heavy atom. The number of aliphatic carboxylic acids is 1. The Morgan fingerprint density at radius 3 is 2.06 bits per heavy atom. The van der Waals surface area contributed by atoms with Gasteiger partial charge < -0.3 is 5.11 Å². The van der Waals surface area contributed by atoms with Crippen LogP contribution in [0, 0.1) is 5.92 Å². The van der Waals surface area contributed by atoms with Gasteiger partial charge in [0.25, 0.3) is 0 Å². The third-order valence-corrected chi connectivity index (χ3v) is 4.65. The first-order valence-corrected chi connectivity index (χ1v) is 7.71. The van der Waals surface area contributed by atoms with E-state index in [1.807, 2.05) is 0 Å². The lowest BCUT2D eigenvalue weighted by Gasteiger charge is -2.30. The molecular weight excluding hydrogens is 226 g/mol. The Labute approximate surface area is 111 Å². The van der Waals surface area contributed by atoms with Gasteiger partial charge in [0.1, 0.15) is 0 Å². The Kier molecular flexibility index (Phi) is 5.48. The number of nitrogens with zero attached hydrogens (tertiary/aromatic N) is 1. The maximum Gasteiger partial charge on any atom is 0.317 e. The zero-order chi connectivity index (χ0) is 12.8. The zero-order valence-corrected chi connectivity index (χ0v) is 11.4. The third kappa shape index (κ3) is 4.27. The number of rotatable bonds is 5. The molecule has 0 heterocycles. The summed E-state index contributed by atoms with van der Waals surface area (Å²) in [5.41, 5.74) is 0. The summed E-state index contributed by atoms with van der Waals surface area (Å²) in [7, 11) is 0. The van der Waals surface area contributed by atoms with Gasteiger partial charge in [-0.3, -0.25) is 9.69 Å². The zero-order valence-electron chi connectivity index (χ0n) is 11.4. The highest BCUT2D eigenvalue weighted by Gasteiger charge is 2.26. The molecule has 0 atom stereocenters. The van der Waals surface area contributed by atoms with Crippen molar-refractivity contribution in [1.82, 2.24) is 4.90 Å². The molecule has 0 unspecified atom stereocenters. The summed E-state index contributed by atoms with van der Waals surface area (Å²) in [4.78, 5) is 13.3. The fraction of sp³-hybridized carbons (Fsp3) is 0.933. The summed E-state index contributed by atoms with van der Waals surface area (Å²) >= 11 is 0. The van der Waals surface area contributed by atoms with E-state index in [1.165, 1.54) is 64.2 Å². The molecule has 1 N–H and O–H groups in total. The first kappa shape index (κ1) is 13.9. The van der Waals surface area contributed by atoms with Crippen LogP contribution in [-0.4, -0.2) is 35.1 Å². The number of carboxylic acid groups (broad SMARTS) is 1. The maximum absolute atomic E-state index is 11.0. The van der Waals surface area contributed by atoms with Crippen molar-refractivity contribution in [3.05, 3.63) is 0 Å². The van der Waals surface area contributed by atoms with Gasteiger partial charge in [-0.25, -0.2) is 0 Å². The predicted octanol–water partition coefficient (Wildman–Crippen LogP) is 3.29. The van der Waals surface area contributed by atoms with Crippen LogP contribution in [0.25, 0.3) is 0 Å². The number of hydrogen-bond acceptors (Lipinski definition) is 2. The SMILES string of the molecule is O=C(O)CN(CC1CCCCCC1)C1CCCC1. The molecule has 3 heteroatoms. The van der Waals surface area contributed by atoms with Crippen LogP contribution in [0.3, 0.4) is 0 Å². The number of hydrogen-bond donors (Lipinski definition) is 1. The molecular formula is C15H27NO2. The summed E-state index contributed by atoms with van der Waals surface area (Å²) < 4.78 is 0. The van der Waals surface area contributed by atoms with Gasteiger partial charge in [0.2, 0.25) is 0 Å². The Morgan fingerprint density at radius 1 is 0.944 bits per heavy atom. The second-order valence-corrected chi connectivity index (χ2v) is 6.12. The van der Waals surface area contributed by atoms with Gasteiger partial charge in [-0.1, -0.05) is 38.5 Å². The van der Waals surface area contributed by atoms with Gasteiger partial charge in [-0.2, -0.15) is 0 Å². The molecule has 2 fully saturated rings. The Hall–Kier alpha value is -0.570.